The average molecular weight is 334 g/mol. The maximum absolute atomic E-state index is 12.3. The molecule has 0 aliphatic carbocycles. The second-order valence-electron chi connectivity index (χ2n) is 5.96. The predicted octanol–water partition coefficient (Wildman–Crippen LogP) is 0.346. The highest BCUT2D eigenvalue weighted by Gasteiger charge is 2.53. The molecule has 0 saturated carbocycles. The summed E-state index contributed by atoms with van der Waals surface area (Å²) in [6, 6.07) is 0. The van der Waals surface area contributed by atoms with Crippen molar-refractivity contribution in [1.29, 1.82) is 0 Å². The highest BCUT2D eigenvalue weighted by atomic mass is 16.6. The molecule has 2 atom stereocenters. The van der Waals surface area contributed by atoms with E-state index in [2.05, 4.69) is 0 Å². The van der Waals surface area contributed by atoms with Crippen LogP contribution in [-0.4, -0.2) is 55.5 Å². The van der Waals surface area contributed by atoms with Gasteiger partial charge in [0.05, 0.1) is 12.8 Å². The van der Waals surface area contributed by atoms with E-state index >= 15 is 0 Å². The van der Waals surface area contributed by atoms with E-state index in [1.54, 1.807) is 0 Å². The number of carboxylic acid groups (broad SMARTS) is 3. The lowest BCUT2D eigenvalue weighted by atomic mass is 9.84. The molecule has 0 bridgehead atoms. The first-order chi connectivity index (χ1) is 10.3. The molecule has 0 radical (unpaired) electrons. The number of aliphatic hydroxyl groups is 1. The summed E-state index contributed by atoms with van der Waals surface area (Å²) in [6.07, 6.45) is -2.02. The molecule has 0 spiro atoms. The Morgan fingerprint density at radius 2 is 1.30 bits per heavy atom. The van der Waals surface area contributed by atoms with Gasteiger partial charge in [0.15, 0.2) is 5.60 Å². The zero-order valence-corrected chi connectivity index (χ0v) is 13.4. The fourth-order valence-corrected chi connectivity index (χ4v) is 1.95. The topological polar surface area (TPSA) is 158 Å². The predicted molar refractivity (Wildman–Crippen MR) is 75.6 cm³/mol. The normalized spacial score (nSPS) is 16.5. The van der Waals surface area contributed by atoms with Crippen LogP contribution in [0, 0.1) is 11.8 Å². The van der Waals surface area contributed by atoms with Gasteiger partial charge in [-0.1, -0.05) is 27.7 Å². The molecule has 0 rings (SSSR count). The van der Waals surface area contributed by atoms with E-state index in [0.717, 1.165) is 0 Å². The summed E-state index contributed by atoms with van der Waals surface area (Å²) in [7, 11) is 0. The van der Waals surface area contributed by atoms with Crippen molar-refractivity contribution in [2.24, 2.45) is 11.8 Å². The molecule has 0 saturated heterocycles. The summed E-state index contributed by atoms with van der Waals surface area (Å²) in [5, 5.41) is 37.4. The van der Waals surface area contributed by atoms with Gasteiger partial charge in [-0.25, -0.2) is 9.59 Å². The third kappa shape index (κ3) is 4.65. The van der Waals surface area contributed by atoms with Gasteiger partial charge in [-0.05, 0) is 5.92 Å². The fourth-order valence-electron chi connectivity index (χ4n) is 1.95. The lowest BCUT2D eigenvalue weighted by molar-refractivity contribution is -0.205. The van der Waals surface area contributed by atoms with Gasteiger partial charge < -0.3 is 25.2 Å². The Morgan fingerprint density at radius 1 is 0.870 bits per heavy atom. The second-order valence-corrected chi connectivity index (χ2v) is 5.96. The molecule has 0 aliphatic rings. The van der Waals surface area contributed by atoms with Crippen LogP contribution in [0.2, 0.25) is 0 Å². The number of rotatable bonds is 9. The van der Waals surface area contributed by atoms with Crippen LogP contribution in [-0.2, 0) is 23.9 Å². The van der Waals surface area contributed by atoms with E-state index in [1.807, 2.05) is 0 Å². The molecule has 0 fully saturated rings. The maximum Gasteiger partial charge on any atom is 0.349 e. The van der Waals surface area contributed by atoms with Crippen molar-refractivity contribution in [3.8, 4) is 0 Å². The van der Waals surface area contributed by atoms with Crippen LogP contribution >= 0.6 is 0 Å². The SMILES string of the molecule is CC(C)C(CC(=O)O)(OC(=O)[C@](O)(CC(=O)O)C(C)C)C(=O)O. The highest BCUT2D eigenvalue weighted by Crippen LogP contribution is 2.32. The quantitative estimate of drug-likeness (QED) is 0.436. The molecular weight excluding hydrogens is 312 g/mol. The van der Waals surface area contributed by atoms with Crippen LogP contribution in [0.15, 0.2) is 0 Å². The molecule has 0 heterocycles. The number of aliphatic carboxylic acids is 3. The van der Waals surface area contributed by atoms with Crippen LogP contribution in [0.5, 0.6) is 0 Å². The standard InChI is InChI=1S/C14H22O9/c1-7(2)13(22,5-9(15)16)12(21)23-14(8(3)4,11(19)20)6-10(17)18/h7-8,22H,5-6H2,1-4H3,(H,15,16)(H,17,18)(H,19,20)/t13-,14?/m0/s1. The zero-order valence-electron chi connectivity index (χ0n) is 13.4. The minimum absolute atomic E-state index is 0.894. The van der Waals surface area contributed by atoms with Crippen LogP contribution in [0.1, 0.15) is 40.5 Å². The Hall–Kier alpha value is -2.16. The van der Waals surface area contributed by atoms with E-state index in [1.165, 1.54) is 27.7 Å². The van der Waals surface area contributed by atoms with E-state index in [-0.39, 0.29) is 0 Å². The second kappa shape index (κ2) is 7.40. The fraction of sp³-hybridized carbons (Fsp3) is 0.714. The first-order valence-electron chi connectivity index (χ1n) is 6.92. The van der Waals surface area contributed by atoms with Crippen molar-refractivity contribution >= 4 is 23.9 Å². The van der Waals surface area contributed by atoms with Gasteiger partial charge in [0.25, 0.3) is 0 Å². The summed E-state index contributed by atoms with van der Waals surface area (Å²) in [5.41, 5.74) is -4.88. The van der Waals surface area contributed by atoms with Gasteiger partial charge in [-0.2, -0.15) is 0 Å². The molecule has 0 aromatic heterocycles. The van der Waals surface area contributed by atoms with Gasteiger partial charge in [-0.15, -0.1) is 0 Å². The van der Waals surface area contributed by atoms with Crippen LogP contribution in [0.3, 0.4) is 0 Å². The number of hydrogen-bond donors (Lipinski definition) is 4. The van der Waals surface area contributed by atoms with Crippen molar-refractivity contribution in [2.75, 3.05) is 0 Å². The lowest BCUT2D eigenvalue weighted by Crippen LogP contribution is -2.55. The number of esters is 1. The minimum Gasteiger partial charge on any atom is -0.481 e. The molecule has 132 valence electrons. The Morgan fingerprint density at radius 3 is 1.57 bits per heavy atom. The van der Waals surface area contributed by atoms with E-state index in [0.29, 0.717) is 0 Å². The molecule has 9 heteroatoms. The lowest BCUT2D eigenvalue weighted by Gasteiger charge is -2.36. The van der Waals surface area contributed by atoms with Crippen LogP contribution in [0.25, 0.3) is 0 Å². The summed E-state index contributed by atoms with van der Waals surface area (Å²) in [6.45, 7) is 5.41. The first-order valence-corrected chi connectivity index (χ1v) is 6.92. The number of hydrogen-bond acceptors (Lipinski definition) is 6. The van der Waals surface area contributed by atoms with E-state index in [4.69, 9.17) is 14.9 Å². The Labute approximate surface area is 132 Å². The van der Waals surface area contributed by atoms with Crippen molar-refractivity contribution in [3.63, 3.8) is 0 Å². The molecular formula is C14H22O9. The summed E-state index contributed by atoms with van der Waals surface area (Å²) >= 11 is 0. The van der Waals surface area contributed by atoms with Gasteiger partial charge in [0.1, 0.15) is 0 Å². The molecule has 9 nitrogen and oxygen atoms in total. The Kier molecular flexibility index (Phi) is 6.71. The zero-order chi connectivity index (χ0) is 18.6. The highest BCUT2D eigenvalue weighted by molar-refractivity contribution is 5.91. The number of ether oxygens (including phenoxy) is 1. The summed E-state index contributed by atoms with van der Waals surface area (Å²) in [5.74, 6) is -7.99. The van der Waals surface area contributed by atoms with Crippen molar-refractivity contribution in [1.82, 2.24) is 0 Å². The van der Waals surface area contributed by atoms with Gasteiger partial charge >= 0.3 is 23.9 Å². The molecule has 0 aromatic carbocycles. The summed E-state index contributed by atoms with van der Waals surface area (Å²) in [4.78, 5) is 45.6. The van der Waals surface area contributed by atoms with Crippen molar-refractivity contribution in [3.05, 3.63) is 0 Å². The third-order valence-corrected chi connectivity index (χ3v) is 3.71. The first kappa shape index (κ1) is 20.8. The molecule has 1 unspecified atom stereocenters. The third-order valence-electron chi connectivity index (χ3n) is 3.71. The van der Waals surface area contributed by atoms with Crippen LogP contribution < -0.4 is 0 Å². The summed E-state index contributed by atoms with van der Waals surface area (Å²) < 4.78 is 4.87. The smallest absolute Gasteiger partial charge is 0.349 e. The van der Waals surface area contributed by atoms with Gasteiger partial charge in [0, 0.05) is 5.92 Å². The number of carboxylic acids is 3. The average Bonchev–Trinajstić information content (AvgIpc) is 2.35. The number of carbonyl (C=O) groups is 4. The Balaban J connectivity index is 5.81. The van der Waals surface area contributed by atoms with Gasteiger partial charge in [-0.3, -0.25) is 9.59 Å². The molecule has 23 heavy (non-hydrogen) atoms. The molecule has 0 aromatic rings. The van der Waals surface area contributed by atoms with Crippen LogP contribution in [0.4, 0.5) is 0 Å². The molecule has 0 aliphatic heterocycles. The van der Waals surface area contributed by atoms with E-state index in [9.17, 15) is 29.4 Å². The molecule has 4 N–H and O–H groups in total. The largest absolute Gasteiger partial charge is 0.481 e. The van der Waals surface area contributed by atoms with Crippen molar-refractivity contribution in [2.45, 2.75) is 51.7 Å². The minimum atomic E-state index is -2.47. The van der Waals surface area contributed by atoms with Gasteiger partial charge in [0.2, 0.25) is 5.60 Å². The Bertz CT molecular complexity index is 496. The van der Waals surface area contributed by atoms with Crippen molar-refractivity contribution < 1.29 is 44.3 Å². The maximum atomic E-state index is 12.3. The monoisotopic (exact) mass is 334 g/mol. The number of carbonyl (C=O) groups excluding carboxylic acids is 1. The molecule has 0 amide bonds. The van der Waals surface area contributed by atoms with E-state index < -0.39 is 59.8 Å².